The molecule has 0 atom stereocenters. The molecule has 2 rings (SSSR count). The van der Waals surface area contributed by atoms with E-state index in [1.165, 1.54) is 11.1 Å². The third-order valence-electron chi connectivity index (χ3n) is 2.40. The average Bonchev–Trinajstić information content (AvgIpc) is 2.48. The van der Waals surface area contributed by atoms with Gasteiger partial charge in [0, 0.05) is 4.90 Å². The van der Waals surface area contributed by atoms with Crippen molar-refractivity contribution in [2.45, 2.75) is 4.90 Å². The maximum Gasteiger partial charge on any atom is 0.188 e. The number of pyridine rings is 1. The van der Waals surface area contributed by atoms with Crippen molar-refractivity contribution < 1.29 is 9.94 Å². The molecule has 1 aromatic carbocycles. The minimum absolute atomic E-state index is 0.0316. The summed E-state index contributed by atoms with van der Waals surface area (Å²) in [5, 5.41) is 11.4. The molecule has 0 bridgehead atoms. The highest BCUT2D eigenvalue weighted by molar-refractivity contribution is 7.98. The van der Waals surface area contributed by atoms with Gasteiger partial charge in [-0.2, -0.15) is 0 Å². The summed E-state index contributed by atoms with van der Waals surface area (Å²) in [6.45, 7) is 0. The number of benzene rings is 1. The van der Waals surface area contributed by atoms with E-state index in [9.17, 15) is 0 Å². The summed E-state index contributed by atoms with van der Waals surface area (Å²) < 4.78 is 5.63. The van der Waals surface area contributed by atoms with Crippen LogP contribution < -0.4 is 10.5 Å². The number of hydrogen-bond donors (Lipinski definition) is 2. The molecule has 0 spiro atoms. The fourth-order valence-electron chi connectivity index (χ4n) is 1.42. The van der Waals surface area contributed by atoms with E-state index in [1.54, 1.807) is 23.9 Å². The van der Waals surface area contributed by atoms with Gasteiger partial charge in [-0.1, -0.05) is 5.16 Å². The van der Waals surface area contributed by atoms with Crippen molar-refractivity contribution in [1.82, 2.24) is 4.98 Å². The van der Waals surface area contributed by atoms with Crippen molar-refractivity contribution in [3.63, 3.8) is 0 Å². The second-order valence-electron chi connectivity index (χ2n) is 3.64. The Morgan fingerprint density at radius 2 is 1.89 bits per heavy atom. The SMILES string of the molecule is CSc1ccc(Oc2ccc(/C(N)=N/O)nc2)cc1. The van der Waals surface area contributed by atoms with Gasteiger partial charge in [-0.25, -0.2) is 4.98 Å². The van der Waals surface area contributed by atoms with Crippen LogP contribution >= 0.6 is 11.8 Å². The van der Waals surface area contributed by atoms with Crippen LogP contribution in [0.15, 0.2) is 52.6 Å². The van der Waals surface area contributed by atoms with Crippen molar-refractivity contribution in [2.75, 3.05) is 6.26 Å². The zero-order chi connectivity index (χ0) is 13.7. The monoisotopic (exact) mass is 275 g/mol. The van der Waals surface area contributed by atoms with E-state index in [0.717, 1.165) is 5.75 Å². The lowest BCUT2D eigenvalue weighted by atomic mass is 10.3. The highest BCUT2D eigenvalue weighted by atomic mass is 32.2. The Morgan fingerprint density at radius 1 is 1.21 bits per heavy atom. The summed E-state index contributed by atoms with van der Waals surface area (Å²) in [4.78, 5) is 5.21. The second-order valence-corrected chi connectivity index (χ2v) is 4.52. The average molecular weight is 275 g/mol. The highest BCUT2D eigenvalue weighted by Crippen LogP contribution is 2.23. The minimum Gasteiger partial charge on any atom is -0.456 e. The molecule has 0 saturated carbocycles. The molecule has 6 heteroatoms. The first-order chi connectivity index (χ1) is 9.22. The van der Waals surface area contributed by atoms with Crippen LogP contribution in [0.1, 0.15) is 5.69 Å². The fraction of sp³-hybridized carbons (Fsp3) is 0.0769. The van der Waals surface area contributed by atoms with Crippen LogP contribution in [0.25, 0.3) is 0 Å². The molecule has 0 fully saturated rings. The summed E-state index contributed by atoms with van der Waals surface area (Å²) in [6, 6.07) is 11.1. The van der Waals surface area contributed by atoms with E-state index in [1.807, 2.05) is 30.5 Å². The molecule has 5 nitrogen and oxygen atoms in total. The van der Waals surface area contributed by atoms with Crippen LogP contribution in [0.3, 0.4) is 0 Å². The maximum atomic E-state index is 8.53. The first-order valence-corrected chi connectivity index (χ1v) is 6.71. The van der Waals surface area contributed by atoms with Crippen LogP contribution in [-0.4, -0.2) is 22.3 Å². The normalized spacial score (nSPS) is 11.3. The Hall–Kier alpha value is -2.21. The van der Waals surface area contributed by atoms with E-state index < -0.39 is 0 Å². The van der Waals surface area contributed by atoms with Gasteiger partial charge in [0.15, 0.2) is 5.84 Å². The third-order valence-corrected chi connectivity index (χ3v) is 3.15. The van der Waals surface area contributed by atoms with Crippen LogP contribution in [0.5, 0.6) is 11.5 Å². The number of oxime groups is 1. The fourth-order valence-corrected chi connectivity index (χ4v) is 1.83. The van der Waals surface area contributed by atoms with Crippen LogP contribution in [0.2, 0.25) is 0 Å². The number of nitrogens with two attached hydrogens (primary N) is 1. The quantitative estimate of drug-likeness (QED) is 0.295. The van der Waals surface area contributed by atoms with Crippen LogP contribution in [0.4, 0.5) is 0 Å². The zero-order valence-electron chi connectivity index (χ0n) is 10.3. The first kappa shape index (κ1) is 13.2. The predicted octanol–water partition coefficient (Wildman–Crippen LogP) is 2.69. The largest absolute Gasteiger partial charge is 0.456 e. The minimum atomic E-state index is -0.0316. The standard InChI is InChI=1S/C13H13N3O2S/c1-19-11-5-2-9(3-6-11)18-10-4-7-12(15-8-10)13(14)16-17/h2-8,17H,1H3,(H2,14,16). The number of nitrogens with zero attached hydrogens (tertiary/aromatic N) is 2. The molecule has 0 aliphatic carbocycles. The van der Waals surface area contributed by atoms with E-state index >= 15 is 0 Å². The Morgan fingerprint density at radius 3 is 2.42 bits per heavy atom. The number of hydrogen-bond acceptors (Lipinski definition) is 5. The van der Waals surface area contributed by atoms with Gasteiger partial charge in [-0.15, -0.1) is 11.8 Å². The molecule has 0 amide bonds. The van der Waals surface area contributed by atoms with E-state index in [4.69, 9.17) is 15.7 Å². The Kier molecular flexibility index (Phi) is 4.25. The van der Waals surface area contributed by atoms with Crippen molar-refractivity contribution in [2.24, 2.45) is 10.9 Å². The molecule has 19 heavy (non-hydrogen) atoms. The van der Waals surface area contributed by atoms with Gasteiger partial charge in [-0.3, -0.25) is 0 Å². The molecule has 1 aromatic heterocycles. The molecular weight excluding hydrogens is 262 g/mol. The van der Waals surface area contributed by atoms with Crippen molar-refractivity contribution in [3.05, 3.63) is 48.3 Å². The maximum absolute atomic E-state index is 8.53. The summed E-state index contributed by atoms with van der Waals surface area (Å²) in [7, 11) is 0. The lowest BCUT2D eigenvalue weighted by Gasteiger charge is -2.06. The van der Waals surface area contributed by atoms with Gasteiger partial charge in [0.1, 0.15) is 17.2 Å². The topological polar surface area (TPSA) is 80.7 Å². The Bertz CT molecular complexity index is 567. The number of aromatic nitrogens is 1. The summed E-state index contributed by atoms with van der Waals surface area (Å²) in [6.07, 6.45) is 3.54. The van der Waals surface area contributed by atoms with E-state index in [0.29, 0.717) is 11.4 Å². The number of amidine groups is 1. The molecule has 1 heterocycles. The predicted molar refractivity (Wildman–Crippen MR) is 75.0 cm³/mol. The molecule has 0 saturated heterocycles. The summed E-state index contributed by atoms with van der Waals surface area (Å²) in [5.74, 6) is 1.29. The molecule has 0 aliphatic heterocycles. The van der Waals surface area contributed by atoms with Gasteiger partial charge >= 0.3 is 0 Å². The first-order valence-electron chi connectivity index (χ1n) is 5.49. The molecule has 2 aromatic rings. The summed E-state index contributed by atoms with van der Waals surface area (Å²) in [5.41, 5.74) is 5.82. The smallest absolute Gasteiger partial charge is 0.188 e. The van der Waals surface area contributed by atoms with Gasteiger partial charge in [0.25, 0.3) is 0 Å². The molecular formula is C13H13N3O2S. The van der Waals surface area contributed by atoms with Gasteiger partial charge < -0.3 is 15.7 Å². The van der Waals surface area contributed by atoms with Crippen LogP contribution in [0, 0.1) is 0 Å². The Labute approximate surface area is 115 Å². The van der Waals surface area contributed by atoms with E-state index in [2.05, 4.69) is 10.1 Å². The van der Waals surface area contributed by atoms with Gasteiger partial charge in [0.2, 0.25) is 0 Å². The summed E-state index contributed by atoms with van der Waals surface area (Å²) >= 11 is 1.67. The zero-order valence-corrected chi connectivity index (χ0v) is 11.1. The van der Waals surface area contributed by atoms with Crippen molar-refractivity contribution in [3.8, 4) is 11.5 Å². The third kappa shape index (κ3) is 3.38. The Balaban J connectivity index is 2.10. The molecule has 0 aliphatic rings. The van der Waals surface area contributed by atoms with E-state index in [-0.39, 0.29) is 5.84 Å². The molecule has 0 radical (unpaired) electrons. The highest BCUT2D eigenvalue weighted by Gasteiger charge is 2.02. The molecule has 0 unspecified atom stereocenters. The number of ether oxygens (including phenoxy) is 1. The molecule has 98 valence electrons. The lowest BCUT2D eigenvalue weighted by molar-refractivity contribution is 0.318. The van der Waals surface area contributed by atoms with Crippen LogP contribution in [-0.2, 0) is 0 Å². The number of rotatable bonds is 4. The van der Waals surface area contributed by atoms with Crippen molar-refractivity contribution >= 4 is 17.6 Å². The van der Waals surface area contributed by atoms with Crippen molar-refractivity contribution in [1.29, 1.82) is 0 Å². The van der Waals surface area contributed by atoms with Gasteiger partial charge in [0.05, 0.1) is 6.20 Å². The number of thioether (sulfide) groups is 1. The second kappa shape index (κ2) is 6.10. The van der Waals surface area contributed by atoms with Gasteiger partial charge in [-0.05, 0) is 42.7 Å². The molecule has 3 N–H and O–H groups in total. The lowest BCUT2D eigenvalue weighted by Crippen LogP contribution is -2.14.